The van der Waals surface area contributed by atoms with Gasteiger partial charge in [0.25, 0.3) is 0 Å². The maximum absolute atomic E-state index is 12.5. The Balaban J connectivity index is 0.000000328. The highest BCUT2D eigenvalue weighted by molar-refractivity contribution is 5.78. The van der Waals surface area contributed by atoms with E-state index in [0.717, 1.165) is 116 Å². The van der Waals surface area contributed by atoms with Crippen LogP contribution < -0.4 is 0 Å². The smallest absolute Gasteiger partial charge is 0.312 e. The molecule has 12 heteroatoms. The van der Waals surface area contributed by atoms with Crippen molar-refractivity contribution in [3.05, 3.63) is 0 Å². The van der Waals surface area contributed by atoms with Crippen LogP contribution in [0, 0.1) is 67.0 Å². The van der Waals surface area contributed by atoms with Gasteiger partial charge in [-0.05, 0) is 298 Å². The third-order valence-corrected chi connectivity index (χ3v) is 30.6. The number of rotatable bonds is 20. The standard InChI is InChI=1S/C17H30O2.C17H32O2.C16H28O2.C15H28O2.2C14H26O2/c1-8-14(2,3)13(18)19-17(7)11-12-9-10-16(17,6)15(12,4)5;1-5-16(2,3)15(18)19-17(4)13-11-9-7-6-8-10-12-14-17;1-7-11(2)13(17)18-16(6)10-12-8-9-15(16,5)14(12,3)4;1-5-14(3,4)13(16)17-15(6-2)11-9-7-8-10-12-15;1-5-13(2,3)12(15)16-14(4)10-8-6-7-9-11-14;1-4-12(3)13(15)16-14(5-2)10-8-6-7-9-11-14/h12H,8-11H2,1-7H3;5-14H2,1-4H3;11-12H,7-10H2,1-6H3;5-12H2,1-4H3;5-11H2,1-4H3;12H,4-11H2,1-3H3. The molecule has 105 heavy (non-hydrogen) atoms. The lowest BCUT2D eigenvalue weighted by molar-refractivity contribution is -0.185. The molecule has 0 N–H and O–H groups in total. The van der Waals surface area contributed by atoms with Crippen molar-refractivity contribution in [3.63, 3.8) is 0 Å². The highest BCUT2D eigenvalue weighted by Gasteiger charge is 2.70. The van der Waals surface area contributed by atoms with Gasteiger partial charge < -0.3 is 28.4 Å². The fraction of sp³-hybridized carbons (Fsp3) is 0.935. The summed E-state index contributed by atoms with van der Waals surface area (Å²) >= 11 is 0. The molecule has 0 aromatic carbocycles. The van der Waals surface area contributed by atoms with Crippen LogP contribution >= 0.6 is 0 Å². The number of carbonyl (C=O) groups excluding carboxylic acids is 6. The van der Waals surface area contributed by atoms with E-state index in [9.17, 15) is 28.8 Å². The molecule has 0 aliphatic heterocycles. The van der Waals surface area contributed by atoms with Gasteiger partial charge in [0.1, 0.15) is 33.6 Å². The second kappa shape index (κ2) is 40.3. The molecule has 0 spiro atoms. The topological polar surface area (TPSA) is 158 Å². The Kier molecular flexibility index (Phi) is 36.9. The second-order valence-electron chi connectivity index (χ2n) is 40.1. The molecule has 614 valence electrons. The highest BCUT2D eigenvalue weighted by atomic mass is 16.6. The molecule has 0 heterocycles. The van der Waals surface area contributed by atoms with Crippen LogP contribution in [0.1, 0.15) is 457 Å². The Bertz CT molecular complexity index is 2640. The van der Waals surface area contributed by atoms with E-state index in [0.29, 0.717) is 11.8 Å². The molecule has 0 radical (unpaired) electrons. The SMILES string of the molecule is CCC(C)(C)C(=O)OC1(C)CC2CCC1(C)C2(C)C.CCC(C)(C)C(=O)OC1(C)CCCCCC1.CCC(C)(C)C(=O)OC1(C)CCCCCCCCC1.CCC(C)C(=O)OC1(C)CC2CCC1(C)C2(C)C.CCC(C)C(=O)OC1(CC)CCCCCC1.CCC1(OC(=O)C(C)(C)CC)CCCCCC1. The van der Waals surface area contributed by atoms with E-state index in [1.165, 1.54) is 148 Å². The van der Waals surface area contributed by atoms with Crippen LogP contribution in [0.5, 0.6) is 0 Å². The predicted octanol–water partition coefficient (Wildman–Crippen LogP) is 26.6. The van der Waals surface area contributed by atoms with Gasteiger partial charge >= 0.3 is 35.8 Å². The maximum Gasteiger partial charge on any atom is 0.312 e. The lowest BCUT2D eigenvalue weighted by Gasteiger charge is -2.46. The van der Waals surface area contributed by atoms with Crippen LogP contribution in [0.3, 0.4) is 0 Å². The van der Waals surface area contributed by atoms with Crippen molar-refractivity contribution in [1.29, 1.82) is 0 Å². The Labute approximate surface area is 647 Å². The van der Waals surface area contributed by atoms with Gasteiger partial charge in [-0.3, -0.25) is 28.8 Å². The quantitative estimate of drug-likeness (QED) is 0.0646. The molecule has 0 aromatic rings. The van der Waals surface area contributed by atoms with E-state index < -0.39 is 0 Å². The predicted molar refractivity (Wildman–Crippen MR) is 435 cm³/mol. The minimum Gasteiger partial charge on any atom is -0.459 e. The van der Waals surface area contributed by atoms with Gasteiger partial charge in [0, 0.05) is 10.8 Å². The van der Waals surface area contributed by atoms with Crippen molar-refractivity contribution in [2.45, 2.75) is 491 Å². The maximum atomic E-state index is 12.5. The van der Waals surface area contributed by atoms with Crippen molar-refractivity contribution < 1.29 is 57.2 Å². The molecule has 8 rings (SSSR count). The molecule has 0 amide bonds. The summed E-state index contributed by atoms with van der Waals surface area (Å²) in [6.07, 6.45) is 46.3. The monoisotopic (exact) mass is 1480 g/mol. The van der Waals surface area contributed by atoms with Crippen molar-refractivity contribution in [2.75, 3.05) is 0 Å². The van der Waals surface area contributed by atoms with Gasteiger partial charge in [-0.25, -0.2) is 0 Å². The summed E-state index contributed by atoms with van der Waals surface area (Å²) in [6, 6.07) is 0. The first-order valence-corrected chi connectivity index (χ1v) is 44.0. The van der Waals surface area contributed by atoms with Crippen LogP contribution in [0.2, 0.25) is 0 Å². The summed E-state index contributed by atoms with van der Waals surface area (Å²) in [7, 11) is 0. The first-order chi connectivity index (χ1) is 48.6. The Morgan fingerprint density at radius 3 is 0.800 bits per heavy atom. The molecule has 0 aromatic heterocycles. The first kappa shape index (κ1) is 96.0. The normalized spacial score (nSPS) is 28.6. The number of ether oxygens (including phenoxy) is 6. The lowest BCUT2D eigenvalue weighted by atomic mass is 9.65. The van der Waals surface area contributed by atoms with Crippen LogP contribution in [0.25, 0.3) is 0 Å². The molecule has 0 saturated heterocycles. The van der Waals surface area contributed by atoms with E-state index in [-0.39, 0.29) is 125 Å². The number of hydrogen-bond donors (Lipinski definition) is 0. The van der Waals surface area contributed by atoms with Gasteiger partial charge in [0.15, 0.2) is 0 Å². The third kappa shape index (κ3) is 25.2. The first-order valence-electron chi connectivity index (χ1n) is 44.0. The van der Waals surface area contributed by atoms with Crippen molar-refractivity contribution in [2.24, 2.45) is 67.0 Å². The number of esters is 6. The fourth-order valence-corrected chi connectivity index (χ4v) is 17.9. The van der Waals surface area contributed by atoms with Crippen molar-refractivity contribution >= 4 is 35.8 Å². The van der Waals surface area contributed by atoms with Gasteiger partial charge in [-0.2, -0.15) is 0 Å². The van der Waals surface area contributed by atoms with Crippen LogP contribution in [0.15, 0.2) is 0 Å². The lowest BCUT2D eigenvalue weighted by Crippen LogP contribution is -2.49. The summed E-state index contributed by atoms with van der Waals surface area (Å²) in [5, 5.41) is 0. The van der Waals surface area contributed by atoms with Crippen molar-refractivity contribution in [1.82, 2.24) is 0 Å². The van der Waals surface area contributed by atoms with Crippen molar-refractivity contribution in [3.8, 4) is 0 Å². The van der Waals surface area contributed by atoms with Gasteiger partial charge in [-0.1, -0.05) is 181 Å². The summed E-state index contributed by atoms with van der Waals surface area (Å²) in [4.78, 5) is 73.1. The summed E-state index contributed by atoms with van der Waals surface area (Å²) < 4.78 is 35.5. The Morgan fingerprint density at radius 1 is 0.314 bits per heavy atom. The molecular weight excluding hydrogens is 1310 g/mol. The van der Waals surface area contributed by atoms with E-state index in [4.69, 9.17) is 28.4 Å². The number of hydrogen-bond acceptors (Lipinski definition) is 12. The molecule has 8 unspecified atom stereocenters. The minimum absolute atomic E-state index is 0.00579. The average molecular weight is 1480 g/mol. The van der Waals surface area contributed by atoms with Gasteiger partial charge in [-0.15, -0.1) is 0 Å². The molecule has 12 nitrogen and oxygen atoms in total. The van der Waals surface area contributed by atoms with Crippen LogP contribution in [-0.2, 0) is 57.2 Å². The largest absolute Gasteiger partial charge is 0.459 e. The highest BCUT2D eigenvalue weighted by Crippen LogP contribution is 2.72. The summed E-state index contributed by atoms with van der Waals surface area (Å²) in [5.74, 6) is 1.38. The number of fused-ring (bicyclic) bond motifs is 4. The molecule has 8 saturated carbocycles. The fourth-order valence-electron chi connectivity index (χ4n) is 17.9. The zero-order chi connectivity index (χ0) is 80.0. The second-order valence-corrected chi connectivity index (χ2v) is 40.1. The van der Waals surface area contributed by atoms with E-state index in [1.54, 1.807) is 0 Å². The molecule has 4 bridgehead atoms. The molecule has 8 atom stereocenters. The zero-order valence-electron chi connectivity index (χ0n) is 74.2. The minimum atomic E-state index is -0.370. The Hall–Kier alpha value is -3.18. The van der Waals surface area contributed by atoms with E-state index in [1.807, 2.05) is 96.9 Å². The zero-order valence-corrected chi connectivity index (χ0v) is 74.2. The molecule has 8 fully saturated rings. The van der Waals surface area contributed by atoms with Crippen LogP contribution in [-0.4, -0.2) is 69.4 Å². The van der Waals surface area contributed by atoms with E-state index in [2.05, 4.69) is 96.9 Å². The Morgan fingerprint density at radius 2 is 0.552 bits per heavy atom. The van der Waals surface area contributed by atoms with Gasteiger partial charge in [0.05, 0.1) is 33.5 Å². The molecule has 8 aliphatic rings. The van der Waals surface area contributed by atoms with E-state index >= 15 is 0 Å². The summed E-state index contributed by atoms with van der Waals surface area (Å²) in [6.45, 7) is 59.0. The molecular formula is C93H170O12. The van der Waals surface area contributed by atoms with Crippen LogP contribution in [0.4, 0.5) is 0 Å². The third-order valence-electron chi connectivity index (χ3n) is 30.6. The molecule has 8 aliphatic carbocycles. The average Bonchev–Trinajstić information content (AvgIpc) is 1.54. The van der Waals surface area contributed by atoms with Gasteiger partial charge in [0.2, 0.25) is 0 Å². The summed E-state index contributed by atoms with van der Waals surface area (Å²) in [5.41, 5.74) is -1.89. The number of carbonyl (C=O) groups is 6.